The molecule has 0 aromatic carbocycles. The zero-order chi connectivity index (χ0) is 7.56. The summed E-state index contributed by atoms with van der Waals surface area (Å²) in [6, 6.07) is 1.77. The van der Waals surface area contributed by atoms with Crippen molar-refractivity contribution in [1.29, 1.82) is 0 Å². The van der Waals surface area contributed by atoms with Crippen molar-refractivity contribution in [2.75, 3.05) is 0 Å². The average molecular weight is 176 g/mol. The van der Waals surface area contributed by atoms with Crippen molar-refractivity contribution in [2.45, 2.75) is 6.92 Å². The van der Waals surface area contributed by atoms with Gasteiger partial charge in [-0.2, -0.15) is 0 Å². The Morgan fingerprint density at radius 1 is 1.80 bits per heavy atom. The van der Waals surface area contributed by atoms with Crippen LogP contribution in [0.3, 0.4) is 0 Å². The van der Waals surface area contributed by atoms with Gasteiger partial charge in [-0.25, -0.2) is 0 Å². The molecule has 0 atom stereocenters. The Balaban J connectivity index is 2.95. The minimum absolute atomic E-state index is 0.586. The van der Waals surface area contributed by atoms with E-state index in [1.165, 1.54) is 11.3 Å². The summed E-state index contributed by atoms with van der Waals surface area (Å²) < 4.78 is 0.706. The second kappa shape index (κ2) is 3.03. The van der Waals surface area contributed by atoms with Crippen molar-refractivity contribution in [1.82, 2.24) is 0 Å². The number of rotatable bonds is 1. The number of hydrogen-bond acceptors (Lipinski definition) is 3. The van der Waals surface area contributed by atoms with Gasteiger partial charge < -0.3 is 5.21 Å². The fraction of sp³-hybridized carbons (Fsp3) is 0.167. The monoisotopic (exact) mass is 175 g/mol. The van der Waals surface area contributed by atoms with E-state index in [2.05, 4.69) is 5.16 Å². The van der Waals surface area contributed by atoms with E-state index in [1.54, 1.807) is 13.0 Å². The molecule has 1 rings (SSSR count). The first-order chi connectivity index (χ1) is 4.74. The fourth-order valence-electron chi connectivity index (χ4n) is 0.558. The van der Waals surface area contributed by atoms with Gasteiger partial charge in [0.2, 0.25) is 0 Å². The van der Waals surface area contributed by atoms with Gasteiger partial charge >= 0.3 is 0 Å². The Labute approximate surface area is 67.7 Å². The largest absolute Gasteiger partial charge is 0.411 e. The van der Waals surface area contributed by atoms with Gasteiger partial charge in [-0.15, -0.1) is 11.3 Å². The molecular weight excluding hydrogens is 170 g/mol. The molecule has 0 unspecified atom stereocenters. The second-order valence-corrected chi connectivity index (χ2v) is 3.37. The van der Waals surface area contributed by atoms with Gasteiger partial charge in [0, 0.05) is 10.9 Å². The van der Waals surface area contributed by atoms with Crippen LogP contribution >= 0.6 is 22.9 Å². The van der Waals surface area contributed by atoms with Crippen molar-refractivity contribution >= 4 is 28.6 Å². The van der Waals surface area contributed by atoms with Gasteiger partial charge in [-0.1, -0.05) is 16.8 Å². The molecule has 0 aliphatic heterocycles. The third kappa shape index (κ3) is 1.49. The Morgan fingerprint density at radius 3 is 2.90 bits per heavy atom. The molecule has 2 nitrogen and oxygen atoms in total. The molecule has 0 radical (unpaired) electrons. The van der Waals surface area contributed by atoms with E-state index < -0.39 is 0 Å². The van der Waals surface area contributed by atoms with E-state index in [1.807, 2.05) is 5.38 Å². The number of halogens is 1. The van der Waals surface area contributed by atoms with Gasteiger partial charge in [-0.3, -0.25) is 0 Å². The van der Waals surface area contributed by atoms with Gasteiger partial charge in [0.15, 0.2) is 0 Å². The van der Waals surface area contributed by atoms with Crippen LogP contribution in [0.15, 0.2) is 16.6 Å². The van der Waals surface area contributed by atoms with Crippen molar-refractivity contribution in [3.05, 3.63) is 21.3 Å². The maximum atomic E-state index is 8.35. The van der Waals surface area contributed by atoms with E-state index in [-0.39, 0.29) is 0 Å². The molecule has 0 amide bonds. The molecule has 1 aromatic heterocycles. The predicted molar refractivity (Wildman–Crippen MR) is 43.3 cm³/mol. The SMILES string of the molecule is CC(=NO)c1csc(Cl)c1. The van der Waals surface area contributed by atoms with Gasteiger partial charge in [0.1, 0.15) is 0 Å². The topological polar surface area (TPSA) is 32.6 Å². The maximum Gasteiger partial charge on any atom is 0.0935 e. The Hall–Kier alpha value is -0.540. The molecule has 1 aromatic rings. The molecule has 4 heteroatoms. The van der Waals surface area contributed by atoms with Crippen LogP contribution in [0.2, 0.25) is 4.34 Å². The molecule has 0 aliphatic carbocycles. The molecule has 0 fully saturated rings. The summed E-state index contributed by atoms with van der Waals surface area (Å²) in [5, 5.41) is 13.2. The van der Waals surface area contributed by atoms with Gasteiger partial charge in [0.05, 0.1) is 10.0 Å². The van der Waals surface area contributed by atoms with Crippen molar-refractivity contribution in [2.24, 2.45) is 5.16 Å². The normalized spacial score (nSPS) is 12.0. The number of hydrogen-bond donors (Lipinski definition) is 1. The smallest absolute Gasteiger partial charge is 0.0935 e. The first-order valence-corrected chi connectivity index (χ1v) is 3.93. The van der Waals surface area contributed by atoms with Crippen LogP contribution in [-0.2, 0) is 0 Å². The molecular formula is C6H6ClNOS. The fourth-order valence-corrected chi connectivity index (χ4v) is 1.48. The van der Waals surface area contributed by atoms with Crippen LogP contribution in [0.25, 0.3) is 0 Å². The number of nitrogens with zero attached hydrogens (tertiary/aromatic N) is 1. The summed E-state index contributed by atoms with van der Waals surface area (Å²) in [7, 11) is 0. The lowest BCUT2D eigenvalue weighted by atomic mass is 10.2. The first-order valence-electron chi connectivity index (χ1n) is 2.67. The van der Waals surface area contributed by atoms with Crippen LogP contribution in [0.1, 0.15) is 12.5 Å². The maximum absolute atomic E-state index is 8.35. The zero-order valence-corrected chi connectivity index (χ0v) is 6.91. The summed E-state index contributed by atoms with van der Waals surface area (Å²) >= 11 is 7.06. The van der Waals surface area contributed by atoms with E-state index >= 15 is 0 Å². The summed E-state index contributed by atoms with van der Waals surface area (Å²) in [4.78, 5) is 0. The van der Waals surface area contributed by atoms with Crippen molar-refractivity contribution in [3.8, 4) is 0 Å². The average Bonchev–Trinajstić information content (AvgIpc) is 2.34. The molecule has 0 saturated carbocycles. The lowest BCUT2D eigenvalue weighted by Gasteiger charge is -1.87. The van der Waals surface area contributed by atoms with Crippen LogP contribution < -0.4 is 0 Å². The number of thiophene rings is 1. The minimum Gasteiger partial charge on any atom is -0.411 e. The Kier molecular flexibility index (Phi) is 2.29. The summed E-state index contributed by atoms with van der Waals surface area (Å²) in [6.45, 7) is 1.72. The van der Waals surface area contributed by atoms with Crippen LogP contribution in [0, 0.1) is 0 Å². The Morgan fingerprint density at radius 2 is 2.50 bits per heavy atom. The predicted octanol–water partition coefficient (Wildman–Crippen LogP) is 2.60. The minimum atomic E-state index is 0.586. The van der Waals surface area contributed by atoms with Gasteiger partial charge in [-0.05, 0) is 13.0 Å². The number of oxime groups is 1. The molecule has 0 aliphatic rings. The van der Waals surface area contributed by atoms with Crippen LogP contribution in [-0.4, -0.2) is 10.9 Å². The Bertz CT molecular complexity index is 256. The van der Waals surface area contributed by atoms with E-state index in [9.17, 15) is 0 Å². The van der Waals surface area contributed by atoms with E-state index in [0.29, 0.717) is 10.0 Å². The highest BCUT2D eigenvalue weighted by Gasteiger charge is 1.99. The zero-order valence-electron chi connectivity index (χ0n) is 5.34. The van der Waals surface area contributed by atoms with Crippen LogP contribution in [0.5, 0.6) is 0 Å². The highest BCUT2D eigenvalue weighted by atomic mass is 35.5. The van der Waals surface area contributed by atoms with Crippen molar-refractivity contribution < 1.29 is 5.21 Å². The summed E-state index contributed by atoms with van der Waals surface area (Å²) in [6.07, 6.45) is 0. The first kappa shape index (κ1) is 7.57. The lowest BCUT2D eigenvalue weighted by Crippen LogP contribution is -1.89. The third-order valence-electron chi connectivity index (χ3n) is 1.14. The standard InChI is InChI=1S/C6H6ClNOS/c1-4(8-9)5-2-6(7)10-3-5/h2-3,9H,1H3. The van der Waals surface area contributed by atoms with Gasteiger partial charge in [0.25, 0.3) is 0 Å². The quantitative estimate of drug-likeness (QED) is 0.397. The molecule has 1 heterocycles. The highest BCUT2D eigenvalue weighted by molar-refractivity contribution is 7.14. The van der Waals surface area contributed by atoms with Crippen LogP contribution in [0.4, 0.5) is 0 Å². The second-order valence-electron chi connectivity index (χ2n) is 1.82. The molecule has 0 saturated heterocycles. The lowest BCUT2D eigenvalue weighted by molar-refractivity contribution is 0.319. The molecule has 10 heavy (non-hydrogen) atoms. The molecule has 0 spiro atoms. The molecule has 1 N–H and O–H groups in total. The molecule has 54 valence electrons. The van der Waals surface area contributed by atoms with Crippen molar-refractivity contribution in [3.63, 3.8) is 0 Å². The summed E-state index contributed by atoms with van der Waals surface area (Å²) in [5.74, 6) is 0. The third-order valence-corrected chi connectivity index (χ3v) is 2.23. The highest BCUT2D eigenvalue weighted by Crippen LogP contribution is 2.20. The summed E-state index contributed by atoms with van der Waals surface area (Å²) in [5.41, 5.74) is 1.46. The van der Waals surface area contributed by atoms with E-state index in [4.69, 9.17) is 16.8 Å². The van der Waals surface area contributed by atoms with E-state index in [0.717, 1.165) is 5.56 Å². The molecule has 0 bridgehead atoms.